The lowest BCUT2D eigenvalue weighted by molar-refractivity contribution is -0.150. The minimum Gasteiger partial charge on any atom is -0.452 e. The van der Waals surface area contributed by atoms with Crippen LogP contribution in [-0.4, -0.2) is 33.7 Å². The van der Waals surface area contributed by atoms with E-state index in [4.69, 9.17) is 4.74 Å². The summed E-state index contributed by atoms with van der Waals surface area (Å²) < 4.78 is 5.29. The fraction of sp³-hybridized carbons (Fsp3) is 0.300. The van der Waals surface area contributed by atoms with Crippen molar-refractivity contribution in [2.75, 3.05) is 11.1 Å². The third-order valence-corrected chi connectivity index (χ3v) is 5.95. The van der Waals surface area contributed by atoms with Crippen LogP contribution in [-0.2, 0) is 14.3 Å². The third kappa shape index (κ3) is 4.69. The Morgan fingerprint density at radius 2 is 1.93 bits per heavy atom. The molecule has 1 N–H and O–H groups in total. The van der Waals surface area contributed by atoms with E-state index in [-0.39, 0.29) is 11.7 Å². The van der Waals surface area contributed by atoms with Crippen molar-refractivity contribution in [3.8, 4) is 0 Å². The van der Waals surface area contributed by atoms with Crippen LogP contribution >= 0.6 is 23.1 Å². The molecule has 2 aromatic heterocycles. The van der Waals surface area contributed by atoms with Crippen LogP contribution in [0.15, 0.2) is 34.9 Å². The van der Waals surface area contributed by atoms with Crippen LogP contribution in [0.1, 0.15) is 23.6 Å². The Bertz CT molecular complexity index is 1010. The molecule has 0 aliphatic rings. The number of rotatable bonds is 6. The van der Waals surface area contributed by atoms with Crippen LogP contribution in [0.4, 0.5) is 5.69 Å². The molecule has 0 saturated heterocycles. The summed E-state index contributed by atoms with van der Waals surface area (Å²) in [5, 5.41) is 6.44. The molecule has 0 bridgehead atoms. The highest BCUT2D eigenvalue weighted by Gasteiger charge is 2.20. The van der Waals surface area contributed by atoms with Gasteiger partial charge in [-0.15, -0.1) is 11.3 Å². The van der Waals surface area contributed by atoms with E-state index in [9.17, 15) is 9.59 Å². The van der Waals surface area contributed by atoms with Crippen LogP contribution < -0.4 is 5.32 Å². The van der Waals surface area contributed by atoms with Crippen molar-refractivity contribution in [2.24, 2.45) is 0 Å². The highest BCUT2D eigenvalue weighted by atomic mass is 32.2. The molecule has 1 aromatic carbocycles. The Kier molecular flexibility index (Phi) is 6.31. The highest BCUT2D eigenvalue weighted by molar-refractivity contribution is 8.00. The maximum Gasteiger partial charge on any atom is 0.317 e. The van der Waals surface area contributed by atoms with Crippen LogP contribution in [0.5, 0.6) is 0 Å². The predicted molar refractivity (Wildman–Crippen MR) is 113 cm³/mol. The van der Waals surface area contributed by atoms with E-state index in [2.05, 4.69) is 15.3 Å². The van der Waals surface area contributed by atoms with Crippen LogP contribution in [0.3, 0.4) is 0 Å². The number of thioether (sulfide) groups is 1. The maximum atomic E-state index is 12.4. The van der Waals surface area contributed by atoms with Gasteiger partial charge in [0.1, 0.15) is 16.2 Å². The molecule has 28 heavy (non-hydrogen) atoms. The average Bonchev–Trinajstić information content (AvgIpc) is 3.12. The standard InChI is InChI=1S/C20H21N3O3S2/c1-11-7-12(2)17(13(3)8-11)23-18(25)14(4)26-16(24)9-28-20-15-5-6-27-19(15)21-10-22-20/h5-8,10,14H,9H2,1-4H3,(H,23,25)/t14-/m0/s1. The van der Waals surface area contributed by atoms with Gasteiger partial charge in [-0.25, -0.2) is 9.97 Å². The Morgan fingerprint density at radius 1 is 1.21 bits per heavy atom. The molecule has 146 valence electrons. The fourth-order valence-corrected chi connectivity index (χ4v) is 4.46. The Balaban J connectivity index is 1.56. The molecule has 1 atom stereocenters. The number of aryl methyl sites for hydroxylation is 3. The molecule has 0 aliphatic heterocycles. The maximum absolute atomic E-state index is 12.4. The van der Waals surface area contributed by atoms with Crippen LogP contribution in [0, 0.1) is 20.8 Å². The first kappa shape index (κ1) is 20.3. The summed E-state index contributed by atoms with van der Waals surface area (Å²) in [6.45, 7) is 7.46. The Morgan fingerprint density at radius 3 is 2.64 bits per heavy atom. The smallest absolute Gasteiger partial charge is 0.317 e. The van der Waals surface area contributed by atoms with Crippen molar-refractivity contribution < 1.29 is 14.3 Å². The van der Waals surface area contributed by atoms with Gasteiger partial charge in [0.2, 0.25) is 0 Å². The second-order valence-corrected chi connectivity index (χ2v) is 8.36. The number of hydrogen-bond acceptors (Lipinski definition) is 7. The topological polar surface area (TPSA) is 81.2 Å². The first-order chi connectivity index (χ1) is 13.3. The van der Waals surface area contributed by atoms with Gasteiger partial charge in [0, 0.05) is 11.1 Å². The minimum absolute atomic E-state index is 0.0716. The van der Waals surface area contributed by atoms with Gasteiger partial charge in [-0.3, -0.25) is 9.59 Å². The SMILES string of the molecule is Cc1cc(C)c(NC(=O)[C@H](C)OC(=O)CSc2ncnc3sccc23)c(C)c1. The molecule has 0 spiro atoms. The van der Waals surface area contributed by atoms with Gasteiger partial charge in [0.25, 0.3) is 5.91 Å². The van der Waals surface area contributed by atoms with Gasteiger partial charge in [-0.1, -0.05) is 29.5 Å². The van der Waals surface area contributed by atoms with Gasteiger partial charge in [-0.05, 0) is 50.3 Å². The van der Waals surface area contributed by atoms with E-state index < -0.39 is 12.1 Å². The van der Waals surface area contributed by atoms with Crippen molar-refractivity contribution in [1.82, 2.24) is 9.97 Å². The summed E-state index contributed by atoms with van der Waals surface area (Å²) in [4.78, 5) is 33.9. The first-order valence-electron chi connectivity index (χ1n) is 8.74. The zero-order valence-corrected chi connectivity index (χ0v) is 17.7. The number of fused-ring (bicyclic) bond motifs is 1. The molecule has 0 unspecified atom stereocenters. The summed E-state index contributed by atoms with van der Waals surface area (Å²) >= 11 is 2.80. The molecule has 0 radical (unpaired) electrons. The lowest BCUT2D eigenvalue weighted by atomic mass is 10.0. The molecular formula is C20H21N3O3S2. The van der Waals surface area contributed by atoms with Crippen LogP contribution in [0.2, 0.25) is 0 Å². The number of anilines is 1. The monoisotopic (exact) mass is 415 g/mol. The third-order valence-electron chi connectivity index (χ3n) is 4.15. The minimum atomic E-state index is -0.889. The first-order valence-corrected chi connectivity index (χ1v) is 10.6. The Hall–Kier alpha value is -2.45. The number of nitrogens with one attached hydrogen (secondary N) is 1. The van der Waals surface area contributed by atoms with Gasteiger partial charge in [0.15, 0.2) is 6.10 Å². The molecule has 0 aliphatic carbocycles. The van der Waals surface area contributed by atoms with Gasteiger partial charge in [0.05, 0.1) is 5.75 Å². The normalized spacial score (nSPS) is 12.0. The summed E-state index contributed by atoms with van der Waals surface area (Å²) in [6.07, 6.45) is 0.592. The largest absolute Gasteiger partial charge is 0.452 e. The molecule has 3 aromatic rings. The zero-order chi connectivity index (χ0) is 20.3. The summed E-state index contributed by atoms with van der Waals surface area (Å²) in [5.74, 6) is -0.745. The second-order valence-electron chi connectivity index (χ2n) is 6.50. The van der Waals surface area contributed by atoms with E-state index >= 15 is 0 Å². The lowest BCUT2D eigenvalue weighted by Gasteiger charge is -2.16. The van der Waals surface area contributed by atoms with Gasteiger partial charge >= 0.3 is 5.97 Å². The lowest BCUT2D eigenvalue weighted by Crippen LogP contribution is -2.31. The predicted octanol–water partition coefficient (Wildman–Crippen LogP) is 4.28. The van der Waals surface area contributed by atoms with Crippen molar-refractivity contribution in [3.05, 3.63) is 46.6 Å². The molecule has 0 fully saturated rings. The van der Waals surface area contributed by atoms with E-state index in [0.29, 0.717) is 0 Å². The van der Waals surface area contributed by atoms with Crippen LogP contribution in [0.25, 0.3) is 10.2 Å². The number of hydrogen-bond donors (Lipinski definition) is 1. The quantitative estimate of drug-likeness (QED) is 0.368. The number of thiophene rings is 1. The number of amides is 1. The molecule has 0 saturated carbocycles. The van der Waals surface area contributed by atoms with E-state index in [1.54, 1.807) is 6.92 Å². The second kappa shape index (κ2) is 8.70. The van der Waals surface area contributed by atoms with E-state index in [1.807, 2.05) is 44.4 Å². The molecular weight excluding hydrogens is 394 g/mol. The number of esters is 1. The van der Waals surface area contributed by atoms with Crippen molar-refractivity contribution in [2.45, 2.75) is 38.8 Å². The molecule has 2 heterocycles. The number of carbonyl (C=O) groups is 2. The zero-order valence-electron chi connectivity index (χ0n) is 16.1. The molecule has 3 rings (SSSR count). The van der Waals surface area contributed by atoms with Crippen molar-refractivity contribution >= 4 is 50.9 Å². The van der Waals surface area contributed by atoms with E-state index in [0.717, 1.165) is 37.6 Å². The van der Waals surface area contributed by atoms with Gasteiger partial charge < -0.3 is 10.1 Å². The molecule has 8 heteroatoms. The fourth-order valence-electron chi connectivity index (χ4n) is 2.90. The van der Waals surface area contributed by atoms with Crippen molar-refractivity contribution in [1.29, 1.82) is 0 Å². The summed E-state index contributed by atoms with van der Waals surface area (Å²) in [5.41, 5.74) is 3.84. The highest BCUT2D eigenvalue weighted by Crippen LogP contribution is 2.27. The average molecular weight is 416 g/mol. The van der Waals surface area contributed by atoms with Crippen molar-refractivity contribution in [3.63, 3.8) is 0 Å². The van der Waals surface area contributed by atoms with E-state index in [1.165, 1.54) is 29.4 Å². The Labute approximate surface area is 171 Å². The number of benzene rings is 1. The molecule has 1 amide bonds. The number of ether oxygens (including phenoxy) is 1. The number of aromatic nitrogens is 2. The molecule has 6 nitrogen and oxygen atoms in total. The summed E-state index contributed by atoms with van der Waals surface area (Å²) in [6, 6.07) is 5.93. The number of nitrogens with zero attached hydrogens (tertiary/aromatic N) is 2. The summed E-state index contributed by atoms with van der Waals surface area (Å²) in [7, 11) is 0. The van der Waals surface area contributed by atoms with Gasteiger partial charge in [-0.2, -0.15) is 0 Å². The number of carbonyl (C=O) groups excluding carboxylic acids is 2.